The zero-order chi connectivity index (χ0) is 19.9. The Morgan fingerprint density at radius 1 is 1.00 bits per heavy atom. The third-order valence-corrected chi connectivity index (χ3v) is 7.86. The lowest BCUT2D eigenvalue weighted by atomic mass is 9.49. The van der Waals surface area contributed by atoms with E-state index in [1.54, 1.807) is 11.8 Å². The van der Waals surface area contributed by atoms with Crippen LogP contribution in [-0.4, -0.2) is 24.1 Å². The summed E-state index contributed by atoms with van der Waals surface area (Å²) in [6.45, 7) is 4.00. The number of anilines is 1. The van der Waals surface area contributed by atoms with Gasteiger partial charge in [-0.3, -0.25) is 9.59 Å². The number of hydrogen-bond acceptors (Lipinski definition) is 3. The van der Waals surface area contributed by atoms with Crippen LogP contribution in [0.5, 0.6) is 0 Å². The zero-order valence-electron chi connectivity index (χ0n) is 17.2. The molecule has 4 bridgehead atoms. The van der Waals surface area contributed by atoms with Crippen LogP contribution in [0.15, 0.2) is 29.2 Å². The molecule has 0 aromatic heterocycles. The molecule has 2 N–H and O–H groups in total. The Hall–Kier alpha value is -1.49. The molecule has 0 radical (unpaired) electrons. The fourth-order valence-corrected chi connectivity index (χ4v) is 6.52. The van der Waals surface area contributed by atoms with Crippen molar-refractivity contribution in [2.45, 2.75) is 63.3 Å². The predicted octanol–water partition coefficient (Wildman–Crippen LogP) is 4.70. The molecule has 152 valence electrons. The van der Waals surface area contributed by atoms with Gasteiger partial charge >= 0.3 is 0 Å². The highest BCUT2D eigenvalue weighted by Crippen LogP contribution is 2.60. The van der Waals surface area contributed by atoms with Crippen LogP contribution in [0, 0.1) is 29.1 Å². The van der Waals surface area contributed by atoms with Crippen LogP contribution >= 0.6 is 11.8 Å². The molecule has 4 saturated carbocycles. The van der Waals surface area contributed by atoms with Gasteiger partial charge < -0.3 is 10.6 Å². The molecule has 0 spiro atoms. The topological polar surface area (TPSA) is 58.2 Å². The maximum Gasteiger partial charge on any atom is 0.247 e. The van der Waals surface area contributed by atoms with Gasteiger partial charge in [0.05, 0.1) is 0 Å². The van der Waals surface area contributed by atoms with Gasteiger partial charge in [0.25, 0.3) is 0 Å². The highest BCUT2D eigenvalue weighted by molar-refractivity contribution is 7.98. The first-order valence-corrected chi connectivity index (χ1v) is 11.9. The summed E-state index contributed by atoms with van der Waals surface area (Å²) in [6.07, 6.45) is 9.03. The van der Waals surface area contributed by atoms with Gasteiger partial charge in [0.15, 0.2) is 0 Å². The number of benzene rings is 1. The molecule has 0 heterocycles. The van der Waals surface area contributed by atoms with Crippen LogP contribution in [0.4, 0.5) is 5.69 Å². The van der Waals surface area contributed by atoms with Gasteiger partial charge in [0, 0.05) is 16.0 Å². The Labute approximate surface area is 172 Å². The van der Waals surface area contributed by atoms with Crippen LogP contribution in [-0.2, 0) is 9.59 Å². The van der Waals surface area contributed by atoms with Gasteiger partial charge in [-0.1, -0.05) is 13.8 Å². The van der Waals surface area contributed by atoms with E-state index in [-0.39, 0.29) is 23.1 Å². The first kappa shape index (κ1) is 19.8. The van der Waals surface area contributed by atoms with E-state index in [1.807, 2.05) is 44.4 Å². The molecule has 28 heavy (non-hydrogen) atoms. The molecule has 4 fully saturated rings. The van der Waals surface area contributed by atoms with Crippen molar-refractivity contribution in [1.29, 1.82) is 0 Å². The zero-order valence-corrected chi connectivity index (χ0v) is 18.0. The van der Waals surface area contributed by atoms with E-state index in [0.29, 0.717) is 0 Å². The monoisotopic (exact) mass is 400 g/mol. The van der Waals surface area contributed by atoms with Crippen LogP contribution in [0.25, 0.3) is 0 Å². The maximum absolute atomic E-state index is 13.4. The normalized spacial score (nSPS) is 31.6. The second-order valence-electron chi connectivity index (χ2n) is 9.61. The summed E-state index contributed by atoms with van der Waals surface area (Å²) in [6, 6.07) is 7.34. The lowest BCUT2D eigenvalue weighted by Crippen LogP contribution is -2.57. The average Bonchev–Trinajstić information content (AvgIpc) is 2.65. The van der Waals surface area contributed by atoms with Crippen LogP contribution in [0.3, 0.4) is 0 Å². The summed E-state index contributed by atoms with van der Waals surface area (Å²) in [4.78, 5) is 27.5. The Morgan fingerprint density at radius 2 is 1.54 bits per heavy atom. The number of nitrogens with one attached hydrogen (secondary N) is 2. The lowest BCUT2D eigenvalue weighted by molar-refractivity contribution is -0.148. The first-order valence-electron chi connectivity index (χ1n) is 10.6. The Morgan fingerprint density at radius 3 is 2.00 bits per heavy atom. The molecular weight excluding hydrogens is 368 g/mol. The van der Waals surface area contributed by atoms with E-state index in [2.05, 4.69) is 10.6 Å². The lowest BCUT2D eigenvalue weighted by Gasteiger charge is -2.55. The van der Waals surface area contributed by atoms with Crippen molar-refractivity contribution in [3.8, 4) is 0 Å². The minimum atomic E-state index is -0.499. The highest BCUT2D eigenvalue weighted by atomic mass is 32.2. The maximum atomic E-state index is 13.4. The molecule has 5 heteroatoms. The molecule has 1 aromatic carbocycles. The van der Waals surface area contributed by atoms with Gasteiger partial charge in [0.1, 0.15) is 6.04 Å². The summed E-state index contributed by atoms with van der Waals surface area (Å²) >= 11 is 1.67. The number of carbonyl (C=O) groups excluding carboxylic acids is 2. The van der Waals surface area contributed by atoms with E-state index in [1.165, 1.54) is 19.3 Å². The van der Waals surface area contributed by atoms with Gasteiger partial charge in [0.2, 0.25) is 11.8 Å². The summed E-state index contributed by atoms with van der Waals surface area (Å²) < 4.78 is 0. The second-order valence-corrected chi connectivity index (χ2v) is 10.5. The van der Waals surface area contributed by atoms with Gasteiger partial charge in [-0.05, 0) is 92.7 Å². The van der Waals surface area contributed by atoms with Gasteiger partial charge in [-0.25, -0.2) is 0 Å². The van der Waals surface area contributed by atoms with Gasteiger partial charge in [-0.2, -0.15) is 0 Å². The number of thioether (sulfide) groups is 1. The van der Waals surface area contributed by atoms with Crippen molar-refractivity contribution in [1.82, 2.24) is 5.32 Å². The molecule has 4 nitrogen and oxygen atoms in total. The Bertz CT molecular complexity index is 708. The molecule has 1 aromatic rings. The molecule has 0 saturated heterocycles. The molecule has 4 aliphatic carbocycles. The van der Waals surface area contributed by atoms with Gasteiger partial charge in [-0.15, -0.1) is 11.8 Å². The Balaban J connectivity index is 1.44. The number of amides is 2. The second kappa shape index (κ2) is 7.74. The van der Waals surface area contributed by atoms with Crippen molar-refractivity contribution < 1.29 is 9.59 Å². The quantitative estimate of drug-likeness (QED) is 0.680. The standard InChI is InChI=1S/C23H32N2O2S/c1-14(2)20(21(26)24-18-4-6-19(28-3)7-5-18)25-22(27)23-11-15-8-16(12-23)10-17(9-15)13-23/h4-7,14-17,20H,8-13H2,1-3H3,(H,24,26)(H,25,27)/t15?,16?,17?,20-,23?/m1/s1. The average molecular weight is 401 g/mol. The molecule has 5 rings (SSSR count). The molecule has 0 unspecified atom stereocenters. The fraction of sp³-hybridized carbons (Fsp3) is 0.652. The van der Waals surface area contributed by atoms with Crippen molar-refractivity contribution in [2.75, 3.05) is 11.6 Å². The van der Waals surface area contributed by atoms with Crippen molar-refractivity contribution >= 4 is 29.3 Å². The van der Waals surface area contributed by atoms with Crippen molar-refractivity contribution in [3.63, 3.8) is 0 Å². The molecule has 2 amide bonds. The Kier molecular flexibility index (Phi) is 5.47. The number of carbonyl (C=O) groups is 2. The molecule has 1 atom stereocenters. The molecule has 4 aliphatic rings. The summed E-state index contributed by atoms with van der Waals surface area (Å²) in [7, 11) is 0. The smallest absolute Gasteiger partial charge is 0.247 e. The van der Waals surface area contributed by atoms with E-state index in [9.17, 15) is 9.59 Å². The van der Waals surface area contributed by atoms with Crippen LogP contribution < -0.4 is 10.6 Å². The molecule has 0 aliphatic heterocycles. The minimum absolute atomic E-state index is 0.0448. The van der Waals surface area contributed by atoms with E-state index >= 15 is 0 Å². The summed E-state index contributed by atoms with van der Waals surface area (Å²) in [5.74, 6) is 2.21. The fourth-order valence-electron chi connectivity index (χ4n) is 6.11. The third-order valence-electron chi connectivity index (χ3n) is 7.11. The van der Waals surface area contributed by atoms with Crippen LogP contribution in [0.2, 0.25) is 0 Å². The predicted molar refractivity (Wildman–Crippen MR) is 114 cm³/mol. The van der Waals surface area contributed by atoms with Crippen molar-refractivity contribution in [2.24, 2.45) is 29.1 Å². The van der Waals surface area contributed by atoms with Crippen LogP contribution in [0.1, 0.15) is 52.4 Å². The molecular formula is C23H32N2O2S. The van der Waals surface area contributed by atoms with E-state index in [0.717, 1.165) is 47.6 Å². The summed E-state index contributed by atoms with van der Waals surface area (Å²) in [5.41, 5.74) is 0.555. The third kappa shape index (κ3) is 3.83. The van der Waals surface area contributed by atoms with Crippen molar-refractivity contribution in [3.05, 3.63) is 24.3 Å². The van der Waals surface area contributed by atoms with E-state index < -0.39 is 6.04 Å². The number of hydrogen-bond donors (Lipinski definition) is 2. The largest absolute Gasteiger partial charge is 0.344 e. The first-order chi connectivity index (χ1) is 13.4. The van der Waals surface area contributed by atoms with E-state index in [4.69, 9.17) is 0 Å². The number of rotatable bonds is 6. The minimum Gasteiger partial charge on any atom is -0.344 e. The summed E-state index contributed by atoms with van der Waals surface area (Å²) in [5, 5.41) is 6.15. The SMILES string of the molecule is CSc1ccc(NC(=O)[C@H](NC(=O)C23CC4CC(CC(C4)C2)C3)C(C)C)cc1. The highest BCUT2D eigenvalue weighted by Gasteiger charge is 2.55.